The number of anilines is 1. The third-order valence-electron chi connectivity index (χ3n) is 5.19. The van der Waals surface area contributed by atoms with Gasteiger partial charge in [0.2, 0.25) is 0 Å². The van der Waals surface area contributed by atoms with Crippen LogP contribution in [0.5, 0.6) is 5.75 Å². The largest absolute Gasteiger partial charge is 0.486 e. The Labute approximate surface area is 185 Å². The van der Waals surface area contributed by atoms with Crippen LogP contribution >= 0.6 is 11.3 Å². The molecule has 4 aromatic rings. The fourth-order valence-electron chi connectivity index (χ4n) is 3.66. The van der Waals surface area contributed by atoms with Gasteiger partial charge in [0, 0.05) is 47.5 Å². The summed E-state index contributed by atoms with van der Waals surface area (Å²) in [7, 11) is 0. The second-order valence-corrected chi connectivity index (χ2v) is 8.52. The van der Waals surface area contributed by atoms with Crippen LogP contribution in [-0.4, -0.2) is 27.5 Å². The molecule has 0 saturated carbocycles. The van der Waals surface area contributed by atoms with Gasteiger partial charge in [-0.15, -0.1) is 0 Å². The summed E-state index contributed by atoms with van der Waals surface area (Å²) in [6, 6.07) is 8.04. The van der Waals surface area contributed by atoms with Gasteiger partial charge in [0.05, 0.1) is 10.6 Å². The van der Waals surface area contributed by atoms with Crippen LogP contribution < -0.4 is 15.8 Å². The molecule has 1 aliphatic heterocycles. The van der Waals surface area contributed by atoms with E-state index in [4.69, 9.17) is 10.5 Å². The standard InChI is InChI=1S/C22H18F3N5OS/c23-22(24,25)18-4-1-12(8-28-18)7-14(26)10-29-21-30-17-11-31-19-15-5-6-27-9-13(15)2-3-16(19)20(17)32-21/h1-6,8-9,14H,7,10-11,26H2,(H,29,30)/t14-/m0/s1. The van der Waals surface area contributed by atoms with E-state index in [1.807, 2.05) is 24.4 Å². The van der Waals surface area contributed by atoms with Crippen molar-refractivity contribution < 1.29 is 17.9 Å². The van der Waals surface area contributed by atoms with E-state index in [9.17, 15) is 13.2 Å². The van der Waals surface area contributed by atoms with Crippen LogP contribution in [-0.2, 0) is 19.2 Å². The summed E-state index contributed by atoms with van der Waals surface area (Å²) in [6.45, 7) is 0.801. The van der Waals surface area contributed by atoms with Gasteiger partial charge in [-0.2, -0.15) is 13.2 Å². The van der Waals surface area contributed by atoms with Gasteiger partial charge in [0.1, 0.15) is 18.1 Å². The van der Waals surface area contributed by atoms with E-state index >= 15 is 0 Å². The Kier molecular flexibility index (Phi) is 5.18. The summed E-state index contributed by atoms with van der Waals surface area (Å²) in [4.78, 5) is 13.3. The summed E-state index contributed by atoms with van der Waals surface area (Å²) >= 11 is 1.53. The third kappa shape index (κ3) is 3.98. The van der Waals surface area contributed by atoms with E-state index < -0.39 is 11.9 Å². The van der Waals surface area contributed by atoms with Crippen LogP contribution in [0.3, 0.4) is 0 Å². The van der Waals surface area contributed by atoms with Crippen molar-refractivity contribution in [1.82, 2.24) is 15.0 Å². The third-order valence-corrected chi connectivity index (χ3v) is 6.28. The molecule has 1 aliphatic rings. The summed E-state index contributed by atoms with van der Waals surface area (Å²) < 4.78 is 43.9. The molecule has 164 valence electrons. The smallest absolute Gasteiger partial charge is 0.433 e. The fraction of sp³-hybridized carbons (Fsp3) is 0.227. The van der Waals surface area contributed by atoms with Crippen molar-refractivity contribution in [2.75, 3.05) is 11.9 Å². The Hall–Kier alpha value is -3.24. The summed E-state index contributed by atoms with van der Waals surface area (Å²) in [5.74, 6) is 0.833. The number of fused-ring (bicyclic) bond motifs is 5. The molecule has 6 nitrogen and oxygen atoms in total. The number of rotatable bonds is 5. The van der Waals surface area contributed by atoms with Gasteiger partial charge in [0.15, 0.2) is 5.13 Å². The van der Waals surface area contributed by atoms with Crippen LogP contribution in [0.1, 0.15) is 17.0 Å². The van der Waals surface area contributed by atoms with Gasteiger partial charge < -0.3 is 15.8 Å². The lowest BCUT2D eigenvalue weighted by Crippen LogP contribution is -2.31. The predicted octanol–water partition coefficient (Wildman–Crippen LogP) is 4.65. The molecule has 0 amide bonds. The Morgan fingerprint density at radius 1 is 1.16 bits per heavy atom. The quantitative estimate of drug-likeness (QED) is 0.454. The number of ether oxygens (including phenoxy) is 1. The minimum Gasteiger partial charge on any atom is -0.486 e. The molecule has 4 heterocycles. The lowest BCUT2D eigenvalue weighted by molar-refractivity contribution is -0.141. The molecule has 32 heavy (non-hydrogen) atoms. The highest BCUT2D eigenvalue weighted by Gasteiger charge is 2.32. The highest BCUT2D eigenvalue weighted by molar-refractivity contribution is 7.19. The maximum Gasteiger partial charge on any atom is 0.433 e. The molecule has 0 spiro atoms. The van der Waals surface area contributed by atoms with Gasteiger partial charge in [-0.25, -0.2) is 4.98 Å². The number of alkyl halides is 3. The van der Waals surface area contributed by atoms with Gasteiger partial charge in [-0.1, -0.05) is 23.5 Å². The average Bonchev–Trinajstić information content (AvgIpc) is 3.21. The van der Waals surface area contributed by atoms with E-state index in [1.54, 1.807) is 6.20 Å². The zero-order valence-electron chi connectivity index (χ0n) is 16.7. The number of aromatic nitrogens is 3. The number of nitrogens with one attached hydrogen (secondary N) is 1. The van der Waals surface area contributed by atoms with E-state index in [0.717, 1.165) is 43.9 Å². The minimum absolute atomic E-state index is 0.311. The first-order chi connectivity index (χ1) is 15.4. The molecule has 1 aromatic carbocycles. The van der Waals surface area contributed by atoms with Gasteiger partial charge in [0.25, 0.3) is 0 Å². The zero-order valence-corrected chi connectivity index (χ0v) is 17.5. The first-order valence-corrected chi connectivity index (χ1v) is 10.7. The molecule has 0 saturated heterocycles. The van der Waals surface area contributed by atoms with Crippen molar-refractivity contribution in [2.24, 2.45) is 5.73 Å². The fourth-order valence-corrected chi connectivity index (χ4v) is 4.65. The zero-order chi connectivity index (χ0) is 22.3. The minimum atomic E-state index is -4.45. The first-order valence-electron chi connectivity index (χ1n) is 9.89. The van der Waals surface area contributed by atoms with Crippen LogP contribution in [0.4, 0.5) is 18.3 Å². The number of benzene rings is 1. The molecule has 0 aliphatic carbocycles. The molecule has 5 rings (SSSR count). The Bertz CT molecular complexity index is 1270. The van der Waals surface area contributed by atoms with E-state index in [1.165, 1.54) is 23.6 Å². The number of pyridine rings is 2. The average molecular weight is 457 g/mol. The van der Waals surface area contributed by atoms with Crippen LogP contribution in [0.2, 0.25) is 0 Å². The van der Waals surface area contributed by atoms with E-state index in [-0.39, 0.29) is 6.04 Å². The Morgan fingerprint density at radius 3 is 2.81 bits per heavy atom. The topological polar surface area (TPSA) is 86.0 Å². The molecular weight excluding hydrogens is 439 g/mol. The van der Waals surface area contributed by atoms with Gasteiger partial charge in [-0.3, -0.25) is 9.97 Å². The second-order valence-electron chi connectivity index (χ2n) is 7.52. The number of nitrogens with two attached hydrogens (primary N) is 1. The molecule has 0 fully saturated rings. The van der Waals surface area contributed by atoms with Gasteiger partial charge >= 0.3 is 6.18 Å². The maximum absolute atomic E-state index is 12.6. The van der Waals surface area contributed by atoms with Crippen LogP contribution in [0, 0.1) is 0 Å². The molecule has 3 aromatic heterocycles. The Balaban J connectivity index is 1.27. The summed E-state index contributed by atoms with van der Waals surface area (Å²) in [5, 5.41) is 5.99. The number of hydrogen-bond donors (Lipinski definition) is 2. The normalized spacial score (nSPS) is 13.9. The predicted molar refractivity (Wildman–Crippen MR) is 117 cm³/mol. The summed E-state index contributed by atoms with van der Waals surface area (Å²) in [5.41, 5.74) is 7.77. The summed E-state index contributed by atoms with van der Waals surface area (Å²) in [6.07, 6.45) is 0.724. The monoisotopic (exact) mass is 457 g/mol. The van der Waals surface area contributed by atoms with Crippen molar-refractivity contribution >= 4 is 27.2 Å². The van der Waals surface area contributed by atoms with Crippen LogP contribution in [0.25, 0.3) is 21.2 Å². The number of thiazole rings is 1. The molecule has 0 bridgehead atoms. The molecule has 3 N–H and O–H groups in total. The second kappa shape index (κ2) is 8.03. The lowest BCUT2D eigenvalue weighted by atomic mass is 10.0. The van der Waals surface area contributed by atoms with Crippen LogP contribution in [0.15, 0.2) is 48.9 Å². The lowest BCUT2D eigenvalue weighted by Gasteiger charge is -2.18. The van der Waals surface area contributed by atoms with Crippen molar-refractivity contribution in [3.63, 3.8) is 0 Å². The number of hydrogen-bond acceptors (Lipinski definition) is 7. The highest BCUT2D eigenvalue weighted by atomic mass is 32.1. The van der Waals surface area contributed by atoms with Crippen molar-refractivity contribution in [3.8, 4) is 16.2 Å². The molecule has 0 unspecified atom stereocenters. The van der Waals surface area contributed by atoms with Crippen molar-refractivity contribution in [3.05, 3.63) is 65.9 Å². The molecule has 1 atom stereocenters. The molecule has 10 heteroatoms. The first kappa shape index (κ1) is 20.7. The van der Waals surface area contributed by atoms with Gasteiger partial charge in [-0.05, 0) is 30.2 Å². The van der Waals surface area contributed by atoms with Crippen molar-refractivity contribution in [2.45, 2.75) is 25.2 Å². The van der Waals surface area contributed by atoms with E-state index in [0.29, 0.717) is 25.1 Å². The number of nitrogens with zero attached hydrogens (tertiary/aromatic N) is 3. The number of halogens is 3. The molecular formula is C22H18F3N5OS. The Morgan fingerprint density at radius 2 is 2.03 bits per heavy atom. The highest BCUT2D eigenvalue weighted by Crippen LogP contribution is 2.45. The SMILES string of the molecule is N[C@H](CNc1nc2c(s1)-c1ccc3cnccc3c1OC2)Cc1ccc(C(F)(F)F)nc1. The molecule has 0 radical (unpaired) electrons. The van der Waals surface area contributed by atoms with Crippen molar-refractivity contribution in [1.29, 1.82) is 0 Å². The van der Waals surface area contributed by atoms with E-state index in [2.05, 4.69) is 20.3 Å². The maximum atomic E-state index is 12.6.